The lowest BCUT2D eigenvalue weighted by molar-refractivity contribution is 0.169. The van der Waals surface area contributed by atoms with Crippen LogP contribution in [0.2, 0.25) is 0 Å². The molecule has 4 rings (SSSR count). The molecular weight excluding hydrogens is 417 g/mol. The zero-order valence-electron chi connectivity index (χ0n) is 17.6. The number of carbonyl (C=O) groups is 1. The minimum absolute atomic E-state index is 0.00741. The van der Waals surface area contributed by atoms with Crippen molar-refractivity contribution in [3.05, 3.63) is 48.9 Å². The van der Waals surface area contributed by atoms with E-state index in [1.165, 1.54) is 19.5 Å². The van der Waals surface area contributed by atoms with Crippen molar-refractivity contribution >= 4 is 6.09 Å². The minimum atomic E-state index is -0.978. The maximum absolute atomic E-state index is 14.1. The molecule has 1 aromatic carbocycles. The maximum atomic E-state index is 14.1. The molecule has 10 heteroatoms. The number of rotatable bonds is 7. The van der Waals surface area contributed by atoms with Crippen molar-refractivity contribution < 1.29 is 23.8 Å². The van der Waals surface area contributed by atoms with Crippen LogP contribution in [-0.2, 0) is 0 Å². The first kappa shape index (κ1) is 21.5. The van der Waals surface area contributed by atoms with Crippen molar-refractivity contribution in [1.82, 2.24) is 25.1 Å². The number of methoxy groups -OCH3 is 1. The Kier molecular flexibility index (Phi) is 6.48. The molecule has 1 fully saturated rings. The molecule has 1 aliphatic rings. The van der Waals surface area contributed by atoms with Crippen LogP contribution >= 0.6 is 0 Å². The number of halogens is 1. The summed E-state index contributed by atoms with van der Waals surface area (Å²) in [6, 6.07) is 4.62. The Morgan fingerprint density at radius 3 is 2.78 bits per heavy atom. The van der Waals surface area contributed by atoms with Gasteiger partial charge >= 0.3 is 6.09 Å². The number of carboxylic acid groups (broad SMARTS) is 1. The fourth-order valence-corrected chi connectivity index (χ4v) is 3.88. The number of nitrogens with one attached hydrogen (secondary N) is 1. The predicted molar refractivity (Wildman–Crippen MR) is 114 cm³/mol. The van der Waals surface area contributed by atoms with Crippen LogP contribution in [-0.4, -0.2) is 50.7 Å². The number of ether oxygens (including phenoxy) is 2. The molecule has 9 nitrogen and oxygen atoms in total. The summed E-state index contributed by atoms with van der Waals surface area (Å²) in [6.07, 6.45) is 8.82. The molecule has 2 aromatic heterocycles. The standard InChI is InChI=1S/C22H24FN5O4/c1-31-19-7-6-17(8-18(19)23)28-11-15(9-26-28)21-20(10-24-13-25-21)32-12-14-2-4-16(5-3-14)27-22(29)30/h6-11,13-14,16,27H,2-5,12H2,1H3,(H,29,30)/t14-,16+. The Labute approximate surface area is 184 Å². The first-order valence-electron chi connectivity index (χ1n) is 10.3. The lowest BCUT2D eigenvalue weighted by atomic mass is 9.86. The smallest absolute Gasteiger partial charge is 0.404 e. The van der Waals surface area contributed by atoms with E-state index in [9.17, 15) is 9.18 Å². The lowest BCUT2D eigenvalue weighted by Gasteiger charge is -2.28. The van der Waals surface area contributed by atoms with Gasteiger partial charge in [0.1, 0.15) is 12.0 Å². The summed E-state index contributed by atoms with van der Waals surface area (Å²) in [5, 5.41) is 15.7. The Morgan fingerprint density at radius 1 is 1.25 bits per heavy atom. The molecule has 3 aromatic rings. The lowest BCUT2D eigenvalue weighted by Crippen LogP contribution is -2.37. The van der Waals surface area contributed by atoms with E-state index < -0.39 is 11.9 Å². The number of hydrogen-bond acceptors (Lipinski definition) is 6. The molecule has 0 radical (unpaired) electrons. The van der Waals surface area contributed by atoms with E-state index in [4.69, 9.17) is 14.6 Å². The molecular formula is C22H24FN5O4. The van der Waals surface area contributed by atoms with E-state index in [1.54, 1.807) is 35.4 Å². The SMILES string of the molecule is COc1ccc(-n2cc(-c3ncncc3OC[C@H]3CC[C@@H](NC(=O)O)CC3)cn2)cc1F. The highest BCUT2D eigenvalue weighted by molar-refractivity contribution is 5.65. The molecule has 0 atom stereocenters. The van der Waals surface area contributed by atoms with Crippen molar-refractivity contribution in [2.45, 2.75) is 31.7 Å². The van der Waals surface area contributed by atoms with Crippen molar-refractivity contribution in [3.63, 3.8) is 0 Å². The molecule has 0 unspecified atom stereocenters. The molecule has 1 amide bonds. The third-order valence-corrected chi connectivity index (χ3v) is 5.58. The van der Waals surface area contributed by atoms with Gasteiger partial charge in [0.25, 0.3) is 0 Å². The van der Waals surface area contributed by atoms with E-state index in [-0.39, 0.29) is 11.8 Å². The van der Waals surface area contributed by atoms with Crippen LogP contribution < -0.4 is 14.8 Å². The quantitative estimate of drug-likeness (QED) is 0.575. The Morgan fingerprint density at radius 2 is 2.06 bits per heavy atom. The van der Waals surface area contributed by atoms with Crippen molar-refractivity contribution in [3.8, 4) is 28.4 Å². The molecule has 0 bridgehead atoms. The summed E-state index contributed by atoms with van der Waals surface area (Å²) in [4.78, 5) is 19.2. The first-order valence-corrected chi connectivity index (χ1v) is 10.3. The fourth-order valence-electron chi connectivity index (χ4n) is 3.88. The van der Waals surface area contributed by atoms with Crippen LogP contribution in [0.5, 0.6) is 11.5 Å². The van der Waals surface area contributed by atoms with Gasteiger partial charge < -0.3 is 19.9 Å². The molecule has 1 saturated carbocycles. The highest BCUT2D eigenvalue weighted by atomic mass is 19.1. The summed E-state index contributed by atoms with van der Waals surface area (Å²) in [5.74, 6) is 0.570. The van der Waals surface area contributed by atoms with Gasteiger partial charge in [-0.1, -0.05) is 0 Å². The van der Waals surface area contributed by atoms with E-state index in [1.807, 2.05) is 0 Å². The number of benzene rings is 1. The molecule has 0 aliphatic heterocycles. The molecule has 0 spiro atoms. The van der Waals surface area contributed by atoms with Crippen LogP contribution in [0.4, 0.5) is 9.18 Å². The van der Waals surface area contributed by atoms with Crippen LogP contribution in [0.15, 0.2) is 43.1 Å². The highest BCUT2D eigenvalue weighted by Gasteiger charge is 2.23. The molecule has 2 N–H and O–H groups in total. The number of aromatic nitrogens is 4. The zero-order chi connectivity index (χ0) is 22.5. The second kappa shape index (κ2) is 9.63. The summed E-state index contributed by atoms with van der Waals surface area (Å²) < 4.78 is 26.6. The summed E-state index contributed by atoms with van der Waals surface area (Å²) in [7, 11) is 1.42. The Balaban J connectivity index is 1.43. The van der Waals surface area contributed by atoms with E-state index in [0.717, 1.165) is 25.7 Å². The topological polar surface area (TPSA) is 111 Å². The largest absolute Gasteiger partial charge is 0.494 e. The predicted octanol–water partition coefficient (Wildman–Crippen LogP) is 3.68. The van der Waals surface area contributed by atoms with Crippen LogP contribution in [0, 0.1) is 11.7 Å². The van der Waals surface area contributed by atoms with Crippen molar-refractivity contribution in [1.29, 1.82) is 0 Å². The summed E-state index contributed by atoms with van der Waals surface area (Å²) in [5.41, 5.74) is 1.87. The monoisotopic (exact) mass is 441 g/mol. The average Bonchev–Trinajstić information content (AvgIpc) is 3.28. The average molecular weight is 441 g/mol. The molecule has 32 heavy (non-hydrogen) atoms. The van der Waals surface area contributed by atoms with Gasteiger partial charge in [0.15, 0.2) is 17.3 Å². The number of hydrogen-bond donors (Lipinski definition) is 2. The van der Waals surface area contributed by atoms with Crippen molar-refractivity contribution in [2.75, 3.05) is 13.7 Å². The van der Waals surface area contributed by atoms with Gasteiger partial charge in [0, 0.05) is 23.9 Å². The molecule has 1 aliphatic carbocycles. The number of amides is 1. The van der Waals surface area contributed by atoms with Gasteiger partial charge in [-0.3, -0.25) is 0 Å². The molecule has 168 valence electrons. The number of nitrogens with zero attached hydrogens (tertiary/aromatic N) is 4. The highest BCUT2D eigenvalue weighted by Crippen LogP contribution is 2.30. The van der Waals surface area contributed by atoms with Crippen LogP contribution in [0.1, 0.15) is 25.7 Å². The fraction of sp³-hybridized carbons (Fsp3) is 0.364. The first-order chi connectivity index (χ1) is 15.5. The van der Waals surface area contributed by atoms with Gasteiger partial charge in [0.05, 0.1) is 31.8 Å². The van der Waals surface area contributed by atoms with Gasteiger partial charge in [0.2, 0.25) is 0 Å². The van der Waals surface area contributed by atoms with E-state index in [2.05, 4.69) is 20.4 Å². The summed E-state index contributed by atoms with van der Waals surface area (Å²) >= 11 is 0. The van der Waals surface area contributed by atoms with Gasteiger partial charge in [-0.15, -0.1) is 0 Å². The second-order valence-corrected chi connectivity index (χ2v) is 7.71. The Hall–Kier alpha value is -3.69. The summed E-state index contributed by atoms with van der Waals surface area (Å²) in [6.45, 7) is 0.498. The molecule has 0 saturated heterocycles. The van der Waals surface area contributed by atoms with Gasteiger partial charge in [-0.2, -0.15) is 5.10 Å². The minimum Gasteiger partial charge on any atom is -0.494 e. The van der Waals surface area contributed by atoms with Crippen LogP contribution in [0.25, 0.3) is 16.9 Å². The molecule has 2 heterocycles. The van der Waals surface area contributed by atoms with Gasteiger partial charge in [-0.25, -0.2) is 23.8 Å². The van der Waals surface area contributed by atoms with Crippen LogP contribution in [0.3, 0.4) is 0 Å². The Bertz CT molecular complexity index is 1080. The van der Waals surface area contributed by atoms with E-state index >= 15 is 0 Å². The van der Waals surface area contributed by atoms with Gasteiger partial charge in [-0.05, 0) is 43.7 Å². The van der Waals surface area contributed by atoms with Crippen molar-refractivity contribution in [2.24, 2.45) is 5.92 Å². The second-order valence-electron chi connectivity index (χ2n) is 7.71. The third kappa shape index (κ3) is 4.96. The zero-order valence-corrected chi connectivity index (χ0v) is 17.6. The maximum Gasteiger partial charge on any atom is 0.404 e. The van der Waals surface area contributed by atoms with E-state index in [0.29, 0.717) is 35.2 Å². The third-order valence-electron chi connectivity index (χ3n) is 5.58. The normalized spacial score (nSPS) is 18.2.